The molecule has 8 nitrogen and oxygen atoms in total. The predicted molar refractivity (Wildman–Crippen MR) is 132 cm³/mol. The molecular weight excluding hydrogens is 558 g/mol. The van der Waals surface area contributed by atoms with Crippen LogP contribution in [0.2, 0.25) is 0 Å². The normalized spacial score (nSPS) is 17.7. The number of rotatable bonds is 6. The van der Waals surface area contributed by atoms with Gasteiger partial charge in [-0.15, -0.1) is 0 Å². The number of hydrogen-bond acceptors (Lipinski definition) is 5. The lowest BCUT2D eigenvalue weighted by Crippen LogP contribution is -2.58. The summed E-state index contributed by atoms with van der Waals surface area (Å²) in [5.41, 5.74) is -5.44. The van der Waals surface area contributed by atoms with Gasteiger partial charge in [-0.05, 0) is 23.8 Å². The first-order chi connectivity index (χ1) is 19.1. The van der Waals surface area contributed by atoms with Gasteiger partial charge in [0.15, 0.2) is 5.72 Å². The molecule has 1 unspecified atom stereocenters. The number of benzene rings is 3. The summed E-state index contributed by atoms with van der Waals surface area (Å²) in [5.74, 6) is -2.74. The molecule has 1 aliphatic heterocycles. The molecule has 4 aromatic rings. The van der Waals surface area contributed by atoms with Crippen LogP contribution in [0.15, 0.2) is 72.8 Å². The van der Waals surface area contributed by atoms with Gasteiger partial charge in [0.1, 0.15) is 0 Å². The first-order valence-corrected chi connectivity index (χ1v) is 12.0. The molecule has 41 heavy (non-hydrogen) atoms. The number of anilines is 1. The van der Waals surface area contributed by atoms with Crippen molar-refractivity contribution in [2.75, 3.05) is 5.32 Å². The minimum Gasteiger partial charge on any atom is -0.373 e. The van der Waals surface area contributed by atoms with Crippen molar-refractivity contribution in [1.82, 2.24) is 14.9 Å². The molecule has 0 fully saturated rings. The zero-order chi connectivity index (χ0) is 29.8. The highest BCUT2D eigenvalue weighted by molar-refractivity contribution is 6.00. The third kappa shape index (κ3) is 4.68. The Morgan fingerprint density at radius 3 is 2.24 bits per heavy atom. The average molecular weight is 578 g/mol. The highest BCUT2D eigenvalue weighted by Crippen LogP contribution is 2.46. The SMILES string of the molecule is O=C(CC(O)(C(F)(F)F)C(F)(F)F)Nc1nc2ccc(C3(O)c4ccccc4C(=O)N3Cc3ccccc3)cc2[nH]1. The number of amides is 2. The Morgan fingerprint density at radius 2 is 1.59 bits per heavy atom. The van der Waals surface area contributed by atoms with E-state index in [9.17, 15) is 46.1 Å². The van der Waals surface area contributed by atoms with Gasteiger partial charge in [-0.2, -0.15) is 26.3 Å². The molecule has 214 valence electrons. The van der Waals surface area contributed by atoms with Crippen LogP contribution in [-0.2, 0) is 17.1 Å². The highest BCUT2D eigenvalue weighted by Gasteiger charge is 2.71. The van der Waals surface area contributed by atoms with E-state index >= 15 is 0 Å². The fourth-order valence-corrected chi connectivity index (χ4v) is 4.73. The maximum Gasteiger partial charge on any atom is 0.426 e. The van der Waals surface area contributed by atoms with E-state index in [2.05, 4.69) is 9.97 Å². The molecule has 0 saturated carbocycles. The van der Waals surface area contributed by atoms with Crippen molar-refractivity contribution >= 4 is 28.8 Å². The van der Waals surface area contributed by atoms with Crippen LogP contribution in [0.25, 0.3) is 11.0 Å². The minimum atomic E-state index is -6.17. The largest absolute Gasteiger partial charge is 0.426 e. The van der Waals surface area contributed by atoms with Crippen molar-refractivity contribution in [2.45, 2.75) is 36.6 Å². The summed E-state index contributed by atoms with van der Waals surface area (Å²) in [7, 11) is 0. The summed E-state index contributed by atoms with van der Waals surface area (Å²) in [4.78, 5) is 33.2. The van der Waals surface area contributed by atoms with Crippen LogP contribution < -0.4 is 5.32 Å². The third-order valence-electron chi connectivity index (χ3n) is 6.85. The lowest BCUT2D eigenvalue weighted by atomic mass is 9.93. The number of nitrogens with zero attached hydrogens (tertiary/aromatic N) is 2. The first kappa shape index (κ1) is 28.1. The van der Waals surface area contributed by atoms with E-state index in [1.165, 1.54) is 23.1 Å². The van der Waals surface area contributed by atoms with Crippen molar-refractivity contribution in [2.24, 2.45) is 0 Å². The van der Waals surface area contributed by atoms with E-state index < -0.39 is 47.9 Å². The lowest BCUT2D eigenvalue weighted by molar-refractivity contribution is -0.366. The predicted octanol–water partition coefficient (Wildman–Crippen LogP) is 4.60. The topological polar surface area (TPSA) is 119 Å². The molecule has 2 amide bonds. The van der Waals surface area contributed by atoms with Crippen molar-refractivity contribution in [3.63, 3.8) is 0 Å². The summed E-state index contributed by atoms with van der Waals surface area (Å²) in [6, 6.07) is 19.6. The maximum absolute atomic E-state index is 13.4. The molecule has 5 rings (SSSR count). The van der Waals surface area contributed by atoms with Crippen LogP contribution in [-0.4, -0.2) is 54.8 Å². The number of imidazole rings is 1. The van der Waals surface area contributed by atoms with Gasteiger partial charge in [0.05, 0.1) is 17.5 Å². The zero-order valence-corrected chi connectivity index (χ0v) is 20.7. The van der Waals surface area contributed by atoms with Gasteiger partial charge in [-0.25, -0.2) is 4.98 Å². The third-order valence-corrected chi connectivity index (χ3v) is 6.85. The van der Waals surface area contributed by atoms with Gasteiger partial charge < -0.3 is 15.2 Å². The van der Waals surface area contributed by atoms with Crippen LogP contribution >= 0.6 is 0 Å². The Morgan fingerprint density at radius 1 is 0.951 bits per heavy atom. The minimum absolute atomic E-state index is 0.0362. The smallest absolute Gasteiger partial charge is 0.373 e. The second-order valence-corrected chi connectivity index (χ2v) is 9.49. The van der Waals surface area contributed by atoms with Gasteiger partial charge in [0, 0.05) is 23.2 Å². The molecule has 2 heterocycles. The molecular formula is C27H20F6N4O4. The summed E-state index contributed by atoms with van der Waals surface area (Å²) >= 11 is 0. The van der Waals surface area contributed by atoms with Gasteiger partial charge in [0.2, 0.25) is 11.9 Å². The van der Waals surface area contributed by atoms with Crippen LogP contribution in [0.3, 0.4) is 0 Å². The summed E-state index contributed by atoms with van der Waals surface area (Å²) in [6.07, 6.45) is -14.7. The maximum atomic E-state index is 13.4. The molecule has 0 spiro atoms. The van der Waals surface area contributed by atoms with E-state index in [1.54, 1.807) is 59.9 Å². The van der Waals surface area contributed by atoms with E-state index in [1.807, 2.05) is 0 Å². The number of fused-ring (bicyclic) bond motifs is 2. The first-order valence-electron chi connectivity index (χ1n) is 12.0. The summed E-state index contributed by atoms with van der Waals surface area (Å²) in [6.45, 7) is 0.0362. The van der Waals surface area contributed by atoms with Crippen LogP contribution in [0.5, 0.6) is 0 Å². The number of carbonyl (C=O) groups excluding carboxylic acids is 2. The van der Waals surface area contributed by atoms with Gasteiger partial charge in [-0.1, -0.05) is 54.6 Å². The monoisotopic (exact) mass is 578 g/mol. The number of aromatic nitrogens is 2. The van der Waals surface area contributed by atoms with E-state index in [0.29, 0.717) is 5.56 Å². The van der Waals surface area contributed by atoms with Crippen LogP contribution in [0.4, 0.5) is 32.3 Å². The van der Waals surface area contributed by atoms with E-state index in [0.717, 1.165) is 5.56 Å². The summed E-state index contributed by atoms with van der Waals surface area (Å²) in [5, 5.41) is 23.1. The number of halogens is 6. The number of aliphatic hydroxyl groups is 2. The molecule has 0 aliphatic carbocycles. The summed E-state index contributed by atoms with van der Waals surface area (Å²) < 4.78 is 77.8. The molecule has 0 radical (unpaired) electrons. The Kier molecular flexibility index (Phi) is 6.58. The Hall–Kier alpha value is -4.43. The van der Waals surface area contributed by atoms with Gasteiger partial charge >= 0.3 is 12.4 Å². The lowest BCUT2D eigenvalue weighted by Gasteiger charge is -2.35. The average Bonchev–Trinajstić information content (AvgIpc) is 3.40. The molecule has 1 atom stereocenters. The standard InChI is InChI=1S/C27H20F6N4O4/c28-26(29,30)24(40,27(31,32)33)13-21(38)36-23-34-19-11-10-16(12-20(19)35-23)25(41)18-9-5-4-8-17(18)22(39)37(25)14-15-6-2-1-3-7-15/h1-12,40-41H,13-14H2,(H2,34,35,36,38). The quantitative estimate of drug-likeness (QED) is 0.250. The second kappa shape index (κ2) is 9.59. The van der Waals surface area contributed by atoms with Crippen molar-refractivity contribution in [3.05, 3.63) is 95.1 Å². The number of aromatic amines is 1. The molecule has 3 aromatic carbocycles. The number of nitrogens with one attached hydrogen (secondary N) is 2. The van der Waals surface area contributed by atoms with E-state index in [-0.39, 0.29) is 28.7 Å². The van der Waals surface area contributed by atoms with Crippen molar-refractivity contribution in [1.29, 1.82) is 0 Å². The number of H-pyrrole nitrogens is 1. The number of hydrogen-bond donors (Lipinski definition) is 4. The van der Waals surface area contributed by atoms with Crippen LogP contribution in [0.1, 0.15) is 33.5 Å². The molecule has 1 aliphatic rings. The fourth-order valence-electron chi connectivity index (χ4n) is 4.73. The Balaban J connectivity index is 1.47. The molecule has 0 saturated heterocycles. The Labute approximate surface area is 227 Å². The van der Waals surface area contributed by atoms with Crippen LogP contribution in [0, 0.1) is 0 Å². The fraction of sp³-hybridized carbons (Fsp3) is 0.222. The second-order valence-electron chi connectivity index (χ2n) is 9.49. The Bertz CT molecular complexity index is 1620. The van der Waals surface area contributed by atoms with Crippen molar-refractivity contribution in [3.8, 4) is 0 Å². The molecule has 4 N–H and O–H groups in total. The molecule has 0 bridgehead atoms. The van der Waals surface area contributed by atoms with Crippen molar-refractivity contribution < 1.29 is 46.1 Å². The number of carbonyl (C=O) groups is 2. The van der Waals surface area contributed by atoms with E-state index in [4.69, 9.17) is 0 Å². The van der Waals surface area contributed by atoms with Gasteiger partial charge in [-0.3, -0.25) is 19.8 Å². The zero-order valence-electron chi connectivity index (χ0n) is 20.7. The highest BCUT2D eigenvalue weighted by atomic mass is 19.4. The number of alkyl halides is 6. The van der Waals surface area contributed by atoms with Gasteiger partial charge in [0.25, 0.3) is 11.5 Å². The molecule has 1 aromatic heterocycles. The molecule has 14 heteroatoms.